The molecule has 1 unspecified atom stereocenters. The van der Waals surface area contributed by atoms with Gasteiger partial charge < -0.3 is 9.64 Å². The monoisotopic (exact) mass is 471 g/mol. The second kappa shape index (κ2) is 11.0. The molecule has 1 aliphatic heterocycles. The molecule has 0 amide bonds. The molecule has 4 rings (SSSR count). The van der Waals surface area contributed by atoms with Gasteiger partial charge in [-0.1, -0.05) is 42.5 Å². The Morgan fingerprint density at radius 1 is 0.853 bits per heavy atom. The first kappa shape index (κ1) is 24.3. The highest BCUT2D eigenvalue weighted by Crippen LogP contribution is 2.32. The van der Waals surface area contributed by atoms with Crippen LogP contribution in [0.2, 0.25) is 0 Å². The summed E-state index contributed by atoms with van der Waals surface area (Å²) < 4.78 is 58.2. The zero-order valence-electron chi connectivity index (χ0n) is 19.0. The van der Waals surface area contributed by atoms with Crippen molar-refractivity contribution < 1.29 is 22.3 Å². The van der Waals surface area contributed by atoms with Crippen LogP contribution in [0.15, 0.2) is 78.9 Å². The largest absolute Gasteiger partial charge is 0.486 e. The van der Waals surface area contributed by atoms with E-state index in [1.807, 2.05) is 6.07 Å². The first-order valence-corrected chi connectivity index (χ1v) is 11.7. The molecule has 3 aromatic rings. The summed E-state index contributed by atoms with van der Waals surface area (Å²) in [4.78, 5) is 2.41. The summed E-state index contributed by atoms with van der Waals surface area (Å²) >= 11 is 0. The van der Waals surface area contributed by atoms with Crippen LogP contribution in [0.1, 0.15) is 42.1 Å². The van der Waals surface area contributed by atoms with Crippen molar-refractivity contribution in [2.75, 3.05) is 19.6 Å². The molecule has 34 heavy (non-hydrogen) atoms. The van der Waals surface area contributed by atoms with Crippen LogP contribution in [0.25, 0.3) is 0 Å². The number of halogens is 4. The molecule has 1 atom stereocenters. The third-order valence-electron chi connectivity index (χ3n) is 6.48. The Labute approximate surface area is 198 Å². The predicted molar refractivity (Wildman–Crippen MR) is 125 cm³/mol. The molecular formula is C28H29F4NO. The third kappa shape index (κ3) is 6.83. The van der Waals surface area contributed by atoms with E-state index in [1.165, 1.54) is 29.8 Å². The maximum Gasteiger partial charge on any atom is 0.416 e. The summed E-state index contributed by atoms with van der Waals surface area (Å²) in [5, 5.41) is 0. The standard InChI is InChI=1S/C28H29F4NO/c29-25-10-6-23(7-11-25)27(34-26-12-8-24(9-13-26)28(30,31)32)16-19-33-17-14-22(15-18-33)20-21-4-2-1-3-5-21/h1-13,22,27H,14-20H2. The molecule has 1 fully saturated rings. The molecule has 2 nitrogen and oxygen atoms in total. The highest BCUT2D eigenvalue weighted by molar-refractivity contribution is 5.30. The zero-order chi connectivity index (χ0) is 24.0. The average Bonchev–Trinajstić information content (AvgIpc) is 2.84. The van der Waals surface area contributed by atoms with Gasteiger partial charge in [0.05, 0.1) is 5.56 Å². The molecule has 0 aliphatic carbocycles. The van der Waals surface area contributed by atoms with Gasteiger partial charge in [-0.25, -0.2) is 4.39 Å². The lowest BCUT2D eigenvalue weighted by molar-refractivity contribution is -0.137. The Kier molecular flexibility index (Phi) is 7.88. The van der Waals surface area contributed by atoms with Gasteiger partial charge in [0, 0.05) is 13.0 Å². The van der Waals surface area contributed by atoms with Crippen molar-refractivity contribution >= 4 is 0 Å². The molecule has 1 saturated heterocycles. The van der Waals surface area contributed by atoms with Gasteiger partial charge in [-0.2, -0.15) is 13.2 Å². The van der Waals surface area contributed by atoms with Gasteiger partial charge in [-0.15, -0.1) is 0 Å². The van der Waals surface area contributed by atoms with Crippen LogP contribution in [-0.2, 0) is 12.6 Å². The molecular weight excluding hydrogens is 442 g/mol. The van der Waals surface area contributed by atoms with Crippen LogP contribution < -0.4 is 4.74 Å². The quantitative estimate of drug-likeness (QED) is 0.320. The van der Waals surface area contributed by atoms with Gasteiger partial charge in [0.15, 0.2) is 0 Å². The predicted octanol–water partition coefficient (Wildman–Crippen LogP) is 7.31. The van der Waals surface area contributed by atoms with Gasteiger partial charge in [0.1, 0.15) is 17.7 Å². The van der Waals surface area contributed by atoms with Crippen molar-refractivity contribution in [3.05, 3.63) is 101 Å². The summed E-state index contributed by atoms with van der Waals surface area (Å²) in [6.07, 6.45) is -0.730. The number of benzene rings is 3. The van der Waals surface area contributed by atoms with Gasteiger partial charge >= 0.3 is 6.18 Å². The van der Waals surface area contributed by atoms with Gasteiger partial charge in [0.25, 0.3) is 0 Å². The molecule has 0 saturated carbocycles. The average molecular weight is 472 g/mol. The summed E-state index contributed by atoms with van der Waals surface area (Å²) in [6, 6.07) is 21.4. The van der Waals surface area contributed by atoms with E-state index in [9.17, 15) is 17.6 Å². The first-order valence-electron chi connectivity index (χ1n) is 11.7. The van der Waals surface area contributed by atoms with Crippen molar-refractivity contribution in [2.45, 2.75) is 38.0 Å². The number of hydrogen-bond donors (Lipinski definition) is 0. The fourth-order valence-corrected chi connectivity index (χ4v) is 4.52. The van der Waals surface area contributed by atoms with Crippen LogP contribution in [0.5, 0.6) is 5.75 Å². The molecule has 0 aromatic heterocycles. The highest BCUT2D eigenvalue weighted by atomic mass is 19.4. The summed E-state index contributed by atoms with van der Waals surface area (Å²) in [6.45, 7) is 2.82. The van der Waals surface area contributed by atoms with Crippen molar-refractivity contribution in [1.82, 2.24) is 4.90 Å². The molecule has 0 spiro atoms. The number of hydrogen-bond acceptors (Lipinski definition) is 2. The number of ether oxygens (including phenoxy) is 1. The number of likely N-dealkylation sites (tertiary alicyclic amines) is 1. The second-order valence-electron chi connectivity index (χ2n) is 8.94. The molecule has 1 heterocycles. The summed E-state index contributed by atoms with van der Waals surface area (Å²) in [5.41, 5.74) is 1.47. The van der Waals surface area contributed by atoms with Crippen LogP contribution in [0.3, 0.4) is 0 Å². The number of piperidine rings is 1. The second-order valence-corrected chi connectivity index (χ2v) is 8.94. The molecule has 1 aliphatic rings. The van der Waals surface area contributed by atoms with Crippen molar-refractivity contribution in [3.8, 4) is 5.75 Å². The van der Waals surface area contributed by atoms with Crippen LogP contribution >= 0.6 is 0 Å². The lowest BCUT2D eigenvalue weighted by Crippen LogP contribution is -2.35. The van der Waals surface area contributed by atoms with Crippen LogP contribution in [0, 0.1) is 11.7 Å². The number of alkyl halides is 3. The Balaban J connectivity index is 1.35. The van der Waals surface area contributed by atoms with Crippen LogP contribution in [-0.4, -0.2) is 24.5 Å². The summed E-state index contributed by atoms with van der Waals surface area (Å²) in [5.74, 6) is 0.705. The van der Waals surface area contributed by atoms with E-state index in [-0.39, 0.29) is 11.9 Å². The van der Waals surface area contributed by atoms with Crippen LogP contribution in [0.4, 0.5) is 17.6 Å². The van der Waals surface area contributed by atoms with Crippen molar-refractivity contribution in [1.29, 1.82) is 0 Å². The first-order chi connectivity index (χ1) is 16.4. The fourth-order valence-electron chi connectivity index (χ4n) is 4.52. The molecule has 0 bridgehead atoms. The minimum absolute atomic E-state index is 0.336. The minimum atomic E-state index is -4.39. The van der Waals surface area contributed by atoms with Gasteiger partial charge in [-0.3, -0.25) is 0 Å². The summed E-state index contributed by atoms with van der Waals surface area (Å²) in [7, 11) is 0. The Hall–Kier alpha value is -2.86. The van der Waals surface area contributed by atoms with E-state index in [0.29, 0.717) is 18.1 Å². The Morgan fingerprint density at radius 3 is 2.12 bits per heavy atom. The van der Waals surface area contributed by atoms with Crippen molar-refractivity contribution in [3.63, 3.8) is 0 Å². The minimum Gasteiger partial charge on any atom is -0.486 e. The molecule has 3 aromatic carbocycles. The zero-order valence-corrected chi connectivity index (χ0v) is 19.0. The van der Waals surface area contributed by atoms with Crippen molar-refractivity contribution in [2.24, 2.45) is 5.92 Å². The van der Waals surface area contributed by atoms with E-state index in [2.05, 4.69) is 29.2 Å². The highest BCUT2D eigenvalue weighted by Gasteiger charge is 2.30. The topological polar surface area (TPSA) is 12.5 Å². The Bertz CT molecular complexity index is 1010. The Morgan fingerprint density at radius 2 is 1.50 bits per heavy atom. The maximum atomic E-state index is 13.4. The van der Waals surface area contributed by atoms with Gasteiger partial charge in [-0.05, 0) is 85.8 Å². The smallest absolute Gasteiger partial charge is 0.416 e. The number of rotatable bonds is 8. The molecule has 180 valence electrons. The fraction of sp³-hybridized carbons (Fsp3) is 0.357. The van der Waals surface area contributed by atoms with Gasteiger partial charge in [0.2, 0.25) is 0 Å². The molecule has 6 heteroatoms. The maximum absolute atomic E-state index is 13.4. The lowest BCUT2D eigenvalue weighted by Gasteiger charge is -2.33. The van der Waals surface area contributed by atoms with E-state index >= 15 is 0 Å². The van der Waals surface area contributed by atoms with E-state index < -0.39 is 11.7 Å². The SMILES string of the molecule is Fc1ccc(C(CCN2CCC(Cc3ccccc3)CC2)Oc2ccc(C(F)(F)F)cc2)cc1. The van der Waals surface area contributed by atoms with E-state index in [1.54, 1.807) is 12.1 Å². The molecule has 0 N–H and O–H groups in total. The lowest BCUT2D eigenvalue weighted by atomic mass is 9.90. The van der Waals surface area contributed by atoms with E-state index in [0.717, 1.165) is 56.6 Å². The normalized spacial score (nSPS) is 16.4. The number of nitrogens with zero attached hydrogens (tertiary/aromatic N) is 1. The molecule has 0 radical (unpaired) electrons. The van der Waals surface area contributed by atoms with E-state index in [4.69, 9.17) is 4.74 Å². The third-order valence-corrected chi connectivity index (χ3v) is 6.48.